The van der Waals surface area contributed by atoms with Crippen LogP contribution in [0.15, 0.2) is 70.8 Å². The predicted octanol–water partition coefficient (Wildman–Crippen LogP) is 4.84. The highest BCUT2D eigenvalue weighted by molar-refractivity contribution is 7.99. The van der Waals surface area contributed by atoms with Gasteiger partial charge in [0.15, 0.2) is 5.16 Å². The topological polar surface area (TPSA) is 75.1 Å². The Labute approximate surface area is 173 Å². The number of aromatic nitrogens is 2. The van der Waals surface area contributed by atoms with Crippen LogP contribution in [-0.4, -0.2) is 33.8 Å². The number of aromatic carboxylic acids is 1. The van der Waals surface area contributed by atoms with Crippen molar-refractivity contribution >= 4 is 35.3 Å². The Morgan fingerprint density at radius 1 is 1.00 bits per heavy atom. The number of hydrogen-bond donors (Lipinski definition) is 2. The van der Waals surface area contributed by atoms with E-state index in [2.05, 4.69) is 15.3 Å². The van der Waals surface area contributed by atoms with Crippen molar-refractivity contribution in [1.29, 1.82) is 0 Å². The molecule has 5 nitrogen and oxygen atoms in total. The van der Waals surface area contributed by atoms with Crippen LogP contribution in [0, 0.1) is 0 Å². The molecule has 1 aromatic heterocycles. The summed E-state index contributed by atoms with van der Waals surface area (Å²) in [4.78, 5) is 20.8. The molecule has 3 rings (SSSR count). The standard InChI is InChI=1S/C21H21N3O2S2/c1-27-21-23-18(22-13-12-15-8-4-2-5-9-15)17(20(25)26)19(24-21)28-14-16-10-6-3-7-11-16/h2-11H,12-14H2,1H3,(H,25,26)(H,22,23,24). The van der Waals surface area contributed by atoms with E-state index >= 15 is 0 Å². The largest absolute Gasteiger partial charge is 0.477 e. The summed E-state index contributed by atoms with van der Waals surface area (Å²) in [6.45, 7) is 0.595. The molecule has 0 atom stereocenters. The van der Waals surface area contributed by atoms with Crippen molar-refractivity contribution in [2.24, 2.45) is 0 Å². The van der Waals surface area contributed by atoms with Crippen molar-refractivity contribution < 1.29 is 9.90 Å². The molecule has 0 saturated heterocycles. The molecule has 0 aliphatic carbocycles. The summed E-state index contributed by atoms with van der Waals surface area (Å²) in [5.41, 5.74) is 2.43. The first-order valence-electron chi connectivity index (χ1n) is 8.81. The van der Waals surface area contributed by atoms with Crippen molar-refractivity contribution in [3.63, 3.8) is 0 Å². The van der Waals surface area contributed by atoms with Gasteiger partial charge in [-0.15, -0.1) is 11.8 Å². The summed E-state index contributed by atoms with van der Waals surface area (Å²) in [6, 6.07) is 20.0. The van der Waals surface area contributed by atoms with Gasteiger partial charge >= 0.3 is 5.97 Å². The molecule has 28 heavy (non-hydrogen) atoms. The number of anilines is 1. The second-order valence-corrected chi connectivity index (χ2v) is 7.72. The Morgan fingerprint density at radius 3 is 2.25 bits per heavy atom. The Balaban J connectivity index is 1.80. The summed E-state index contributed by atoms with van der Waals surface area (Å²) in [5.74, 6) is -0.00106. The number of carboxylic acid groups (broad SMARTS) is 1. The molecule has 0 spiro atoms. The third-order valence-electron chi connectivity index (χ3n) is 4.02. The number of nitrogens with one attached hydrogen (secondary N) is 1. The van der Waals surface area contributed by atoms with Crippen molar-refractivity contribution in [2.75, 3.05) is 18.1 Å². The maximum absolute atomic E-state index is 11.9. The molecule has 2 N–H and O–H groups in total. The van der Waals surface area contributed by atoms with Gasteiger partial charge in [-0.1, -0.05) is 72.4 Å². The summed E-state index contributed by atoms with van der Waals surface area (Å²) < 4.78 is 0. The minimum atomic E-state index is -1.02. The van der Waals surface area contributed by atoms with Gasteiger partial charge in [0.1, 0.15) is 16.4 Å². The SMILES string of the molecule is CSc1nc(NCCc2ccccc2)c(C(=O)O)c(SCc2ccccc2)n1. The van der Waals surface area contributed by atoms with Crippen LogP contribution in [0.2, 0.25) is 0 Å². The molecule has 0 amide bonds. The molecular weight excluding hydrogens is 390 g/mol. The number of nitrogens with zero attached hydrogens (tertiary/aromatic N) is 2. The van der Waals surface area contributed by atoms with Crippen LogP contribution in [0.3, 0.4) is 0 Å². The first kappa shape index (κ1) is 20.2. The molecular formula is C21H21N3O2S2. The van der Waals surface area contributed by atoms with Crippen LogP contribution in [0.1, 0.15) is 21.5 Å². The second kappa shape index (κ2) is 10.1. The molecule has 0 unspecified atom stereocenters. The van der Waals surface area contributed by atoms with E-state index in [1.807, 2.05) is 66.9 Å². The lowest BCUT2D eigenvalue weighted by molar-refractivity contribution is 0.0692. The molecule has 0 fully saturated rings. The Morgan fingerprint density at radius 2 is 1.64 bits per heavy atom. The van der Waals surface area contributed by atoms with Crippen LogP contribution in [0.25, 0.3) is 0 Å². The molecule has 0 aliphatic rings. The van der Waals surface area contributed by atoms with Gasteiger partial charge in [0.2, 0.25) is 0 Å². The van der Waals surface area contributed by atoms with E-state index in [-0.39, 0.29) is 5.56 Å². The van der Waals surface area contributed by atoms with Crippen LogP contribution < -0.4 is 5.32 Å². The van der Waals surface area contributed by atoms with E-state index in [0.717, 1.165) is 12.0 Å². The summed E-state index contributed by atoms with van der Waals surface area (Å²) in [5, 5.41) is 14.0. The summed E-state index contributed by atoms with van der Waals surface area (Å²) >= 11 is 2.82. The first-order chi connectivity index (χ1) is 13.7. The Bertz CT molecular complexity index is 922. The van der Waals surface area contributed by atoms with Crippen molar-refractivity contribution in [3.05, 3.63) is 77.4 Å². The number of rotatable bonds is 9. The zero-order valence-electron chi connectivity index (χ0n) is 15.5. The maximum Gasteiger partial charge on any atom is 0.342 e. The average Bonchev–Trinajstić information content (AvgIpc) is 2.73. The van der Waals surface area contributed by atoms with E-state index in [4.69, 9.17) is 0 Å². The number of hydrogen-bond acceptors (Lipinski definition) is 6. The Hall–Kier alpha value is -2.51. The van der Waals surface area contributed by atoms with E-state index in [1.165, 1.54) is 29.1 Å². The lowest BCUT2D eigenvalue weighted by Crippen LogP contribution is -2.14. The molecule has 0 radical (unpaired) electrons. The zero-order chi connectivity index (χ0) is 19.8. The van der Waals surface area contributed by atoms with E-state index in [1.54, 1.807) is 0 Å². The van der Waals surface area contributed by atoms with Crippen molar-refractivity contribution in [2.45, 2.75) is 22.4 Å². The van der Waals surface area contributed by atoms with Gasteiger partial charge in [0.25, 0.3) is 0 Å². The highest BCUT2D eigenvalue weighted by Crippen LogP contribution is 2.30. The van der Waals surface area contributed by atoms with Gasteiger partial charge in [-0.25, -0.2) is 14.8 Å². The van der Waals surface area contributed by atoms with Gasteiger partial charge < -0.3 is 10.4 Å². The van der Waals surface area contributed by atoms with Gasteiger partial charge in [-0.2, -0.15) is 0 Å². The minimum Gasteiger partial charge on any atom is -0.477 e. The Kier molecular flexibility index (Phi) is 7.33. The van der Waals surface area contributed by atoms with Crippen LogP contribution in [0.5, 0.6) is 0 Å². The van der Waals surface area contributed by atoms with E-state index < -0.39 is 5.97 Å². The normalized spacial score (nSPS) is 10.6. The minimum absolute atomic E-state index is 0.131. The third-order valence-corrected chi connectivity index (χ3v) is 5.61. The third kappa shape index (κ3) is 5.50. The number of benzene rings is 2. The molecule has 2 aromatic carbocycles. The molecule has 0 aliphatic heterocycles. The summed E-state index contributed by atoms with van der Waals surface area (Å²) in [7, 11) is 0. The van der Waals surface area contributed by atoms with Crippen LogP contribution >= 0.6 is 23.5 Å². The molecule has 0 saturated carbocycles. The van der Waals surface area contributed by atoms with Gasteiger partial charge in [0, 0.05) is 12.3 Å². The molecule has 144 valence electrons. The highest BCUT2D eigenvalue weighted by atomic mass is 32.2. The maximum atomic E-state index is 11.9. The smallest absolute Gasteiger partial charge is 0.342 e. The second-order valence-electron chi connectivity index (χ2n) is 5.98. The molecule has 3 aromatic rings. The monoisotopic (exact) mass is 411 g/mol. The molecule has 0 bridgehead atoms. The molecule has 7 heteroatoms. The lowest BCUT2D eigenvalue weighted by Gasteiger charge is -2.13. The van der Waals surface area contributed by atoms with Gasteiger partial charge in [-0.3, -0.25) is 0 Å². The van der Waals surface area contributed by atoms with Crippen molar-refractivity contribution in [3.8, 4) is 0 Å². The summed E-state index contributed by atoms with van der Waals surface area (Å²) in [6.07, 6.45) is 2.67. The lowest BCUT2D eigenvalue weighted by atomic mass is 10.1. The average molecular weight is 412 g/mol. The number of thioether (sulfide) groups is 2. The van der Waals surface area contributed by atoms with Crippen LogP contribution in [0.4, 0.5) is 5.82 Å². The fourth-order valence-corrected chi connectivity index (χ4v) is 4.03. The van der Waals surface area contributed by atoms with Crippen LogP contribution in [-0.2, 0) is 12.2 Å². The van der Waals surface area contributed by atoms with Gasteiger partial charge in [-0.05, 0) is 23.8 Å². The van der Waals surface area contributed by atoms with E-state index in [0.29, 0.717) is 28.3 Å². The fourth-order valence-electron chi connectivity index (χ4n) is 2.63. The number of carboxylic acids is 1. The first-order valence-corrected chi connectivity index (χ1v) is 11.0. The van der Waals surface area contributed by atoms with Gasteiger partial charge in [0.05, 0.1) is 0 Å². The quantitative estimate of drug-likeness (QED) is 0.296. The zero-order valence-corrected chi connectivity index (χ0v) is 17.1. The predicted molar refractivity (Wildman–Crippen MR) is 115 cm³/mol. The number of carbonyl (C=O) groups is 1. The fraction of sp³-hybridized carbons (Fsp3) is 0.190. The molecule has 1 heterocycles. The van der Waals surface area contributed by atoms with E-state index in [9.17, 15) is 9.90 Å². The highest BCUT2D eigenvalue weighted by Gasteiger charge is 2.21. The van der Waals surface area contributed by atoms with Crippen molar-refractivity contribution in [1.82, 2.24) is 9.97 Å².